The molecule has 0 spiro atoms. The number of pyridine rings is 1. The molecular weight excluding hydrogens is 382 g/mol. The van der Waals surface area contributed by atoms with Crippen molar-refractivity contribution < 1.29 is 14.6 Å². The molecule has 2 aromatic carbocycles. The molecule has 8 nitrogen and oxygen atoms in total. The normalized spacial score (nSPS) is 10.7. The van der Waals surface area contributed by atoms with Gasteiger partial charge in [0.15, 0.2) is 0 Å². The maximum absolute atomic E-state index is 11.6. The van der Waals surface area contributed by atoms with Gasteiger partial charge < -0.3 is 9.84 Å². The molecule has 2 heterocycles. The van der Waals surface area contributed by atoms with Crippen LogP contribution in [0.4, 0.5) is 0 Å². The van der Waals surface area contributed by atoms with Crippen molar-refractivity contribution in [3.63, 3.8) is 0 Å². The molecular formula is C22H19N5O3. The number of aromatic nitrogens is 5. The summed E-state index contributed by atoms with van der Waals surface area (Å²) in [5.74, 6) is -0.305. The summed E-state index contributed by atoms with van der Waals surface area (Å²) in [6.07, 6.45) is 0. The molecule has 2 aromatic heterocycles. The number of rotatable bonds is 6. The maximum atomic E-state index is 11.6. The molecule has 0 aliphatic heterocycles. The van der Waals surface area contributed by atoms with Crippen molar-refractivity contribution in [2.75, 3.05) is 0 Å². The van der Waals surface area contributed by atoms with Gasteiger partial charge in [-0.3, -0.25) is 4.98 Å². The summed E-state index contributed by atoms with van der Waals surface area (Å²) < 4.78 is 5.88. The van der Waals surface area contributed by atoms with Gasteiger partial charge in [-0.25, -0.2) is 4.79 Å². The van der Waals surface area contributed by atoms with E-state index >= 15 is 0 Å². The summed E-state index contributed by atoms with van der Waals surface area (Å²) in [7, 11) is 0. The number of hydrogen-bond acceptors (Lipinski definition) is 6. The van der Waals surface area contributed by atoms with Crippen LogP contribution in [0.2, 0.25) is 0 Å². The molecule has 2 N–H and O–H groups in total. The van der Waals surface area contributed by atoms with Crippen LogP contribution in [0.5, 0.6) is 5.75 Å². The van der Waals surface area contributed by atoms with Crippen LogP contribution in [-0.2, 0) is 6.61 Å². The van der Waals surface area contributed by atoms with Gasteiger partial charge in [0.2, 0.25) is 5.82 Å². The summed E-state index contributed by atoms with van der Waals surface area (Å²) in [6.45, 7) is 3.64. The lowest BCUT2D eigenvalue weighted by molar-refractivity contribution is 0.0690. The summed E-state index contributed by atoms with van der Waals surface area (Å²) in [4.78, 5) is 15.8. The topological polar surface area (TPSA) is 114 Å². The highest BCUT2D eigenvalue weighted by Crippen LogP contribution is 2.31. The van der Waals surface area contributed by atoms with Crippen LogP contribution < -0.4 is 4.74 Å². The van der Waals surface area contributed by atoms with Crippen LogP contribution >= 0.6 is 0 Å². The third kappa shape index (κ3) is 3.88. The first-order valence-corrected chi connectivity index (χ1v) is 9.29. The number of carboxylic acids is 1. The van der Waals surface area contributed by atoms with E-state index in [9.17, 15) is 9.90 Å². The molecule has 4 aromatic rings. The van der Waals surface area contributed by atoms with Gasteiger partial charge in [-0.05, 0) is 41.8 Å². The number of ether oxygens (including phenoxy) is 1. The van der Waals surface area contributed by atoms with Crippen LogP contribution in [0.1, 0.15) is 27.3 Å². The van der Waals surface area contributed by atoms with E-state index in [2.05, 4.69) is 25.6 Å². The lowest BCUT2D eigenvalue weighted by atomic mass is 9.97. The minimum atomic E-state index is -1.07. The van der Waals surface area contributed by atoms with Gasteiger partial charge in [0, 0.05) is 17.3 Å². The van der Waals surface area contributed by atoms with E-state index in [0.717, 1.165) is 22.3 Å². The third-order valence-electron chi connectivity index (χ3n) is 4.66. The highest BCUT2D eigenvalue weighted by molar-refractivity contribution is 5.92. The SMILES string of the molecule is Cc1cc(OCc2ccc(-c3ccccc3)c(-c3nn[nH]n3)c2)c(C(=O)O)c(C)n1. The van der Waals surface area contributed by atoms with E-state index in [0.29, 0.717) is 23.0 Å². The average molecular weight is 401 g/mol. The summed E-state index contributed by atoms with van der Waals surface area (Å²) in [6, 6.07) is 17.4. The second kappa shape index (κ2) is 8.12. The molecule has 0 atom stereocenters. The van der Waals surface area contributed by atoms with Gasteiger partial charge in [0.05, 0.1) is 5.69 Å². The van der Waals surface area contributed by atoms with E-state index < -0.39 is 5.97 Å². The minimum absolute atomic E-state index is 0.0693. The standard InChI is InChI=1S/C22H19N5O3/c1-13-10-19(20(22(28)29)14(2)23-13)30-12-15-8-9-17(16-6-4-3-5-7-16)18(11-15)21-24-26-27-25-21/h3-11H,12H2,1-2H3,(H,28,29)(H,24,25,26,27). The van der Waals surface area contributed by atoms with Gasteiger partial charge in [-0.1, -0.05) is 42.5 Å². The van der Waals surface area contributed by atoms with Crippen LogP contribution in [0, 0.1) is 13.8 Å². The number of carboxylic acid groups (broad SMARTS) is 1. The van der Waals surface area contributed by atoms with Crippen LogP contribution in [0.25, 0.3) is 22.5 Å². The predicted octanol–water partition coefficient (Wildman–Crippen LogP) is 3.82. The molecule has 4 rings (SSSR count). The molecule has 0 bridgehead atoms. The molecule has 0 saturated carbocycles. The molecule has 0 aliphatic rings. The van der Waals surface area contributed by atoms with Crippen molar-refractivity contribution in [3.05, 3.63) is 77.1 Å². The second-order valence-corrected chi connectivity index (χ2v) is 6.80. The number of benzene rings is 2. The predicted molar refractivity (Wildman–Crippen MR) is 110 cm³/mol. The lowest BCUT2D eigenvalue weighted by Gasteiger charge is -2.13. The zero-order valence-corrected chi connectivity index (χ0v) is 16.5. The second-order valence-electron chi connectivity index (χ2n) is 6.80. The number of nitrogens with zero attached hydrogens (tertiary/aromatic N) is 4. The Hall–Kier alpha value is -4.07. The molecule has 0 amide bonds. The number of tetrazole rings is 1. The number of aryl methyl sites for hydroxylation is 2. The zero-order chi connectivity index (χ0) is 21.1. The van der Waals surface area contributed by atoms with E-state index in [1.165, 1.54) is 0 Å². The molecule has 0 fully saturated rings. The third-order valence-corrected chi connectivity index (χ3v) is 4.66. The zero-order valence-electron chi connectivity index (χ0n) is 16.5. The van der Waals surface area contributed by atoms with E-state index in [1.807, 2.05) is 48.5 Å². The number of hydrogen-bond donors (Lipinski definition) is 2. The fourth-order valence-corrected chi connectivity index (χ4v) is 3.34. The van der Waals surface area contributed by atoms with Crippen molar-refractivity contribution in [2.45, 2.75) is 20.5 Å². The number of nitrogens with one attached hydrogen (secondary N) is 1. The average Bonchev–Trinajstić information content (AvgIpc) is 3.26. The van der Waals surface area contributed by atoms with Gasteiger partial charge in [0.25, 0.3) is 0 Å². The van der Waals surface area contributed by atoms with E-state index in [1.54, 1.807) is 19.9 Å². The Kier molecular flexibility index (Phi) is 5.21. The molecule has 0 radical (unpaired) electrons. The fraction of sp³-hybridized carbons (Fsp3) is 0.136. The molecule has 0 unspecified atom stereocenters. The Morgan fingerprint density at radius 3 is 2.57 bits per heavy atom. The Morgan fingerprint density at radius 2 is 1.87 bits per heavy atom. The van der Waals surface area contributed by atoms with Crippen molar-refractivity contribution >= 4 is 5.97 Å². The highest BCUT2D eigenvalue weighted by Gasteiger charge is 2.18. The quantitative estimate of drug-likeness (QED) is 0.505. The lowest BCUT2D eigenvalue weighted by Crippen LogP contribution is -2.08. The first-order chi connectivity index (χ1) is 14.5. The van der Waals surface area contributed by atoms with Crippen LogP contribution in [0.3, 0.4) is 0 Å². The van der Waals surface area contributed by atoms with E-state index in [-0.39, 0.29) is 12.2 Å². The molecule has 0 aliphatic carbocycles. The first kappa shape index (κ1) is 19.3. The van der Waals surface area contributed by atoms with Crippen molar-refractivity contribution in [1.29, 1.82) is 0 Å². The van der Waals surface area contributed by atoms with Crippen LogP contribution in [0.15, 0.2) is 54.6 Å². The Bertz CT molecular complexity index is 1190. The van der Waals surface area contributed by atoms with Gasteiger partial charge >= 0.3 is 5.97 Å². The largest absolute Gasteiger partial charge is 0.488 e. The number of H-pyrrole nitrogens is 1. The monoisotopic (exact) mass is 401 g/mol. The number of aromatic carboxylic acids is 1. The van der Waals surface area contributed by atoms with E-state index in [4.69, 9.17) is 4.74 Å². The molecule has 150 valence electrons. The maximum Gasteiger partial charge on any atom is 0.341 e. The minimum Gasteiger partial charge on any atom is -0.488 e. The van der Waals surface area contributed by atoms with Crippen molar-refractivity contribution in [1.82, 2.24) is 25.6 Å². The summed E-state index contributed by atoms with van der Waals surface area (Å²) >= 11 is 0. The Morgan fingerprint density at radius 1 is 1.07 bits per heavy atom. The molecule has 8 heteroatoms. The Balaban J connectivity index is 1.69. The molecule has 30 heavy (non-hydrogen) atoms. The Labute approximate surface area is 172 Å². The summed E-state index contributed by atoms with van der Waals surface area (Å²) in [5.41, 5.74) is 4.82. The first-order valence-electron chi connectivity index (χ1n) is 9.29. The van der Waals surface area contributed by atoms with Crippen LogP contribution in [-0.4, -0.2) is 36.7 Å². The smallest absolute Gasteiger partial charge is 0.341 e. The fourth-order valence-electron chi connectivity index (χ4n) is 3.34. The van der Waals surface area contributed by atoms with Crippen molar-refractivity contribution in [2.24, 2.45) is 0 Å². The van der Waals surface area contributed by atoms with Crippen molar-refractivity contribution in [3.8, 4) is 28.3 Å². The number of carbonyl (C=O) groups is 1. The highest BCUT2D eigenvalue weighted by atomic mass is 16.5. The number of aromatic amines is 1. The van der Waals surface area contributed by atoms with Gasteiger partial charge in [-0.2, -0.15) is 5.21 Å². The van der Waals surface area contributed by atoms with Gasteiger partial charge in [0.1, 0.15) is 17.9 Å². The molecule has 0 saturated heterocycles. The summed E-state index contributed by atoms with van der Waals surface area (Å²) in [5, 5.41) is 23.9. The van der Waals surface area contributed by atoms with Gasteiger partial charge in [-0.15, -0.1) is 10.2 Å².